The predicted octanol–water partition coefficient (Wildman–Crippen LogP) is 2.23. The fraction of sp³-hybridized carbons (Fsp3) is 0.235. The molecule has 0 spiro atoms. The van der Waals surface area contributed by atoms with E-state index in [0.717, 1.165) is 19.3 Å². The van der Waals surface area contributed by atoms with Gasteiger partial charge in [-0.3, -0.25) is 9.56 Å². The molecule has 0 radical (unpaired) electrons. The zero-order valence-corrected chi connectivity index (χ0v) is 12.9. The Morgan fingerprint density at radius 3 is 2.21 bits per heavy atom. The molecule has 1 aromatic heterocycles. The summed E-state index contributed by atoms with van der Waals surface area (Å²) < 4.78 is 1.36. The van der Waals surface area contributed by atoms with Gasteiger partial charge in [-0.25, -0.2) is 0 Å². The zero-order chi connectivity index (χ0) is 17.7. The number of aliphatic imine (C=N–C) groups is 1. The molecule has 1 aromatic rings. The van der Waals surface area contributed by atoms with Gasteiger partial charge in [-0.15, -0.1) is 6.58 Å². The summed E-state index contributed by atoms with van der Waals surface area (Å²) in [6.45, 7) is 4.09. The number of nitrogens with zero attached hydrogens (tertiary/aromatic N) is 6. The second kappa shape index (κ2) is 6.97. The molecule has 0 atom stereocenters. The molecule has 0 aliphatic carbocycles. The van der Waals surface area contributed by atoms with Gasteiger partial charge in [0.2, 0.25) is 0 Å². The van der Waals surface area contributed by atoms with E-state index in [2.05, 4.69) is 11.6 Å². The van der Waals surface area contributed by atoms with Crippen LogP contribution in [0.15, 0.2) is 23.2 Å². The third-order valence-corrected chi connectivity index (χ3v) is 3.65. The number of unbranched alkanes of at least 4 members (excludes halogenated alkanes) is 2. The van der Waals surface area contributed by atoms with Crippen molar-refractivity contribution in [2.45, 2.75) is 19.3 Å². The van der Waals surface area contributed by atoms with Crippen molar-refractivity contribution in [1.82, 2.24) is 4.57 Å². The van der Waals surface area contributed by atoms with Gasteiger partial charge in [0, 0.05) is 6.54 Å². The van der Waals surface area contributed by atoms with E-state index in [1.807, 2.05) is 30.4 Å². The monoisotopic (exact) mass is 315 g/mol. The first-order valence-corrected chi connectivity index (χ1v) is 7.21. The molecule has 2 N–H and O–H groups in total. The van der Waals surface area contributed by atoms with Crippen molar-refractivity contribution < 1.29 is 0 Å². The molecule has 2 heterocycles. The third kappa shape index (κ3) is 2.41. The number of allylic oxidation sites excluding steroid dienone is 3. The van der Waals surface area contributed by atoms with Gasteiger partial charge in [0.25, 0.3) is 0 Å². The first-order chi connectivity index (χ1) is 11.7. The fourth-order valence-electron chi connectivity index (χ4n) is 2.56. The standard InChI is InChI=1S/C17H13N7/c1-2-3-4-5-6-23-17-14(10-21)12(8-19)15-11(7-18)13(9-20)16(22)24(15)17/h2H,1,3-6,22H2. The first-order valence-electron chi connectivity index (χ1n) is 7.21. The quantitative estimate of drug-likeness (QED) is 0.655. The molecule has 2 rings (SSSR count). The number of fused-ring (bicyclic) bond motifs is 1. The Hall–Kier alpha value is -3.81. The minimum Gasteiger partial charge on any atom is -0.384 e. The molecule has 0 amide bonds. The molecule has 116 valence electrons. The van der Waals surface area contributed by atoms with Crippen LogP contribution in [0.4, 0.5) is 5.82 Å². The molecule has 1 aliphatic heterocycles. The third-order valence-electron chi connectivity index (χ3n) is 3.65. The normalized spacial score (nSPS) is 13.8. The molecule has 7 heteroatoms. The summed E-state index contributed by atoms with van der Waals surface area (Å²) in [5, 5.41) is 37.3. The molecule has 0 saturated heterocycles. The van der Waals surface area contributed by atoms with E-state index in [0.29, 0.717) is 6.54 Å². The maximum Gasteiger partial charge on any atom is 0.153 e. The van der Waals surface area contributed by atoms with Crippen LogP contribution in [-0.4, -0.2) is 16.9 Å². The van der Waals surface area contributed by atoms with Crippen LogP contribution in [0.25, 0.3) is 5.57 Å². The topological polar surface area (TPSA) is 138 Å². The van der Waals surface area contributed by atoms with E-state index in [9.17, 15) is 21.0 Å². The maximum atomic E-state index is 9.40. The molecule has 0 fully saturated rings. The smallest absolute Gasteiger partial charge is 0.153 e. The Balaban J connectivity index is 2.61. The van der Waals surface area contributed by atoms with Crippen molar-refractivity contribution >= 4 is 17.2 Å². The van der Waals surface area contributed by atoms with E-state index in [1.54, 1.807) is 0 Å². The Labute approximate surface area is 139 Å². The van der Waals surface area contributed by atoms with Gasteiger partial charge < -0.3 is 5.73 Å². The van der Waals surface area contributed by atoms with Gasteiger partial charge in [0.1, 0.15) is 41.2 Å². The molecular formula is C17H13N7. The van der Waals surface area contributed by atoms with Crippen molar-refractivity contribution in [2.75, 3.05) is 12.3 Å². The molecule has 24 heavy (non-hydrogen) atoms. The van der Waals surface area contributed by atoms with Gasteiger partial charge in [0.05, 0.1) is 16.8 Å². The number of anilines is 1. The number of hydrogen-bond acceptors (Lipinski definition) is 6. The average Bonchev–Trinajstić information content (AvgIpc) is 3.05. The highest BCUT2D eigenvalue weighted by Gasteiger charge is 2.35. The molecule has 0 aromatic carbocycles. The summed E-state index contributed by atoms with van der Waals surface area (Å²) in [6, 6.07) is 7.66. The minimum atomic E-state index is -0.00356. The maximum absolute atomic E-state index is 9.40. The summed E-state index contributed by atoms with van der Waals surface area (Å²) >= 11 is 0. The van der Waals surface area contributed by atoms with Gasteiger partial charge in [-0.05, 0) is 19.3 Å². The molecule has 0 unspecified atom stereocenters. The molecule has 1 aliphatic rings. The van der Waals surface area contributed by atoms with Gasteiger partial charge >= 0.3 is 0 Å². The van der Waals surface area contributed by atoms with Crippen LogP contribution in [-0.2, 0) is 0 Å². The van der Waals surface area contributed by atoms with Crippen LogP contribution in [0.1, 0.15) is 36.1 Å². The lowest BCUT2D eigenvalue weighted by molar-refractivity contribution is 0.758. The summed E-state index contributed by atoms with van der Waals surface area (Å²) in [4.78, 5) is 4.39. The molecular weight excluding hydrogens is 302 g/mol. The van der Waals surface area contributed by atoms with Crippen molar-refractivity contribution in [3.8, 4) is 24.3 Å². The Morgan fingerprint density at radius 1 is 1.00 bits per heavy atom. The Kier molecular flexibility index (Phi) is 4.81. The minimum absolute atomic E-state index is 0.00315. The Bertz CT molecular complexity index is 930. The summed E-state index contributed by atoms with van der Waals surface area (Å²) in [6.07, 6.45) is 4.36. The van der Waals surface area contributed by atoms with Gasteiger partial charge in [-0.2, -0.15) is 21.0 Å². The molecule has 7 nitrogen and oxygen atoms in total. The molecule has 0 saturated carbocycles. The SMILES string of the molecule is C=CCCCCN=C1C(C#N)=C(C#N)c2c(C#N)c(C#N)c(N)n21. The van der Waals surface area contributed by atoms with Gasteiger partial charge in [-0.1, -0.05) is 6.08 Å². The van der Waals surface area contributed by atoms with E-state index in [-0.39, 0.29) is 39.6 Å². The highest BCUT2D eigenvalue weighted by atomic mass is 15.1. The second-order valence-electron chi connectivity index (χ2n) is 5.01. The van der Waals surface area contributed by atoms with Crippen LogP contribution in [0.3, 0.4) is 0 Å². The first kappa shape index (κ1) is 16.6. The number of nitrogen functional groups attached to an aromatic ring is 1. The number of aromatic nitrogens is 1. The van der Waals surface area contributed by atoms with E-state index in [1.165, 1.54) is 4.57 Å². The number of hydrogen-bond donors (Lipinski definition) is 1. The average molecular weight is 315 g/mol. The predicted molar refractivity (Wildman–Crippen MR) is 88.2 cm³/mol. The number of rotatable bonds is 5. The van der Waals surface area contributed by atoms with Crippen molar-refractivity contribution in [3.05, 3.63) is 35.0 Å². The number of nitriles is 4. The summed E-state index contributed by atoms with van der Waals surface area (Å²) in [5.74, 6) is 0.241. The van der Waals surface area contributed by atoms with Crippen LogP contribution in [0.2, 0.25) is 0 Å². The highest BCUT2D eigenvalue weighted by molar-refractivity contribution is 6.19. The lowest BCUT2D eigenvalue weighted by Crippen LogP contribution is -2.14. The lowest BCUT2D eigenvalue weighted by Gasteiger charge is -2.05. The van der Waals surface area contributed by atoms with Crippen LogP contribution in [0, 0.1) is 45.3 Å². The summed E-state index contributed by atoms with van der Waals surface area (Å²) in [7, 11) is 0. The van der Waals surface area contributed by atoms with Crippen molar-refractivity contribution in [1.29, 1.82) is 21.0 Å². The van der Waals surface area contributed by atoms with Gasteiger partial charge in [0.15, 0.2) is 5.84 Å². The second-order valence-corrected chi connectivity index (χ2v) is 5.01. The lowest BCUT2D eigenvalue weighted by atomic mass is 10.0. The fourth-order valence-corrected chi connectivity index (χ4v) is 2.56. The van der Waals surface area contributed by atoms with Crippen molar-refractivity contribution in [2.24, 2.45) is 4.99 Å². The highest BCUT2D eigenvalue weighted by Crippen LogP contribution is 2.37. The summed E-state index contributed by atoms with van der Waals surface area (Å²) in [5.41, 5.74) is 6.23. The Morgan fingerprint density at radius 2 is 1.67 bits per heavy atom. The number of nitrogens with two attached hydrogens (primary N) is 1. The molecule has 0 bridgehead atoms. The van der Waals surface area contributed by atoms with Crippen LogP contribution >= 0.6 is 0 Å². The van der Waals surface area contributed by atoms with E-state index >= 15 is 0 Å². The van der Waals surface area contributed by atoms with Crippen LogP contribution in [0.5, 0.6) is 0 Å². The van der Waals surface area contributed by atoms with E-state index in [4.69, 9.17) is 5.73 Å². The van der Waals surface area contributed by atoms with Crippen molar-refractivity contribution in [3.63, 3.8) is 0 Å². The van der Waals surface area contributed by atoms with Crippen LogP contribution < -0.4 is 5.73 Å². The van der Waals surface area contributed by atoms with E-state index < -0.39 is 0 Å². The largest absolute Gasteiger partial charge is 0.384 e. The zero-order valence-electron chi connectivity index (χ0n) is 12.9.